The van der Waals surface area contributed by atoms with E-state index >= 15 is 0 Å². The second kappa shape index (κ2) is 13.3. The normalized spacial score (nSPS) is 25.8. The molecule has 38 heavy (non-hydrogen) atoms. The molecule has 10 heteroatoms. The van der Waals surface area contributed by atoms with Crippen molar-refractivity contribution in [3.05, 3.63) is 35.4 Å². The van der Waals surface area contributed by atoms with Gasteiger partial charge in [0.1, 0.15) is 5.78 Å². The molecule has 208 valence electrons. The van der Waals surface area contributed by atoms with E-state index in [0.29, 0.717) is 38.9 Å². The van der Waals surface area contributed by atoms with Gasteiger partial charge >= 0.3 is 0 Å². The number of ketones is 1. The van der Waals surface area contributed by atoms with Gasteiger partial charge in [0.2, 0.25) is 17.7 Å². The second-order valence-electron chi connectivity index (χ2n) is 10.9. The number of likely N-dealkylation sites (N-methyl/N-ethyl adjacent to an activating group) is 1. The van der Waals surface area contributed by atoms with Crippen molar-refractivity contribution in [1.29, 1.82) is 0 Å². The molecular weight excluding hydrogens is 502 g/mol. The van der Waals surface area contributed by atoms with Crippen molar-refractivity contribution in [2.45, 2.75) is 77.4 Å². The van der Waals surface area contributed by atoms with Crippen LogP contribution in [-0.4, -0.2) is 78.2 Å². The highest BCUT2D eigenvalue weighted by Gasteiger charge is 2.53. The van der Waals surface area contributed by atoms with Gasteiger partial charge in [-0.05, 0) is 35.8 Å². The first-order valence-electron chi connectivity index (χ1n) is 13.3. The van der Waals surface area contributed by atoms with Gasteiger partial charge in [0.25, 0.3) is 0 Å². The van der Waals surface area contributed by atoms with Crippen molar-refractivity contribution in [2.24, 2.45) is 5.41 Å². The third-order valence-electron chi connectivity index (χ3n) is 7.67. The molecule has 4 rings (SSSR count). The van der Waals surface area contributed by atoms with Gasteiger partial charge in [-0.15, -0.1) is 0 Å². The summed E-state index contributed by atoms with van der Waals surface area (Å²) in [6.45, 7) is 5.89. The molecule has 0 saturated carbocycles. The van der Waals surface area contributed by atoms with Gasteiger partial charge in [-0.1, -0.05) is 36.5 Å². The van der Waals surface area contributed by atoms with E-state index in [1.807, 2.05) is 31.3 Å². The molecule has 3 heterocycles. The van der Waals surface area contributed by atoms with Crippen molar-refractivity contribution < 1.29 is 19.2 Å². The summed E-state index contributed by atoms with van der Waals surface area (Å²) in [5, 5.41) is 11.8. The lowest BCUT2D eigenvalue weighted by atomic mass is 9.61. The molecule has 9 nitrogen and oxygen atoms in total. The van der Waals surface area contributed by atoms with Gasteiger partial charge in [0.15, 0.2) is 0 Å². The molecule has 3 amide bonds. The number of fused-ring (bicyclic) bond motifs is 3. The second-order valence-corrected chi connectivity index (χ2v) is 11.4. The molecule has 0 spiro atoms. The Kier molecular flexibility index (Phi) is 10.4. The minimum Gasteiger partial charge on any atom is -0.382 e. The van der Waals surface area contributed by atoms with Crippen LogP contribution in [0.4, 0.5) is 0 Å². The van der Waals surface area contributed by atoms with E-state index < -0.39 is 0 Å². The Morgan fingerprint density at radius 2 is 1.18 bits per heavy atom. The molecule has 3 aliphatic rings. The molecule has 3 unspecified atom stereocenters. The number of carbonyl (C=O) groups is 4. The van der Waals surface area contributed by atoms with Crippen LogP contribution in [0, 0.1) is 5.41 Å². The molecule has 5 atom stereocenters. The summed E-state index contributed by atoms with van der Waals surface area (Å²) in [6.07, 6.45) is 3.80. The number of nitrogens with zero attached hydrogens (tertiary/aromatic N) is 1. The predicted molar refractivity (Wildman–Crippen MR) is 151 cm³/mol. The van der Waals surface area contributed by atoms with E-state index in [2.05, 4.69) is 26.2 Å². The number of thiocarbonyl (C=S) groups is 1. The lowest BCUT2D eigenvalue weighted by Crippen LogP contribution is -2.69. The summed E-state index contributed by atoms with van der Waals surface area (Å²) in [6, 6.07) is 8.06. The fraction of sp³-hybridized carbons (Fsp3) is 0.607. The molecular formula is C28H41N5O4S. The SMILES string of the molecule is CNC(=S)Cc1ccc(CC(=O)CC23CC(CNC(C)=O)N([C@H](CNC(C)=O)C2)[C@@H](CNC(C)=O)C3)cc1. The zero-order chi connectivity index (χ0) is 27.9. The van der Waals surface area contributed by atoms with Crippen LogP contribution in [0.15, 0.2) is 24.3 Å². The van der Waals surface area contributed by atoms with Crippen LogP contribution in [-0.2, 0) is 32.0 Å². The van der Waals surface area contributed by atoms with E-state index in [-0.39, 0.29) is 47.0 Å². The topological polar surface area (TPSA) is 120 Å². The summed E-state index contributed by atoms with van der Waals surface area (Å²) in [7, 11) is 1.81. The summed E-state index contributed by atoms with van der Waals surface area (Å²) >= 11 is 5.25. The number of hydrogen-bond donors (Lipinski definition) is 4. The van der Waals surface area contributed by atoms with Crippen LogP contribution in [0.5, 0.6) is 0 Å². The third-order valence-corrected chi connectivity index (χ3v) is 8.02. The van der Waals surface area contributed by atoms with Crippen LogP contribution >= 0.6 is 12.2 Å². The fourth-order valence-electron chi connectivity index (χ4n) is 6.25. The Morgan fingerprint density at radius 3 is 1.55 bits per heavy atom. The molecule has 0 aromatic heterocycles. The van der Waals surface area contributed by atoms with Gasteiger partial charge in [0.05, 0.1) is 4.99 Å². The zero-order valence-electron chi connectivity index (χ0n) is 22.9. The molecule has 0 radical (unpaired) electrons. The number of amides is 3. The van der Waals surface area contributed by atoms with Crippen LogP contribution in [0.1, 0.15) is 57.6 Å². The number of carbonyl (C=O) groups excluding carboxylic acids is 4. The lowest BCUT2D eigenvalue weighted by molar-refractivity contribution is -0.137. The first-order chi connectivity index (χ1) is 18.0. The number of rotatable bonds is 12. The van der Waals surface area contributed by atoms with Crippen LogP contribution in [0.2, 0.25) is 0 Å². The molecule has 1 aromatic carbocycles. The van der Waals surface area contributed by atoms with E-state index in [4.69, 9.17) is 12.2 Å². The predicted octanol–water partition coefficient (Wildman–Crippen LogP) is 1.28. The molecule has 0 aliphatic carbocycles. The average molecular weight is 544 g/mol. The first kappa shape index (κ1) is 29.7. The molecule has 4 N–H and O–H groups in total. The van der Waals surface area contributed by atoms with Crippen LogP contribution < -0.4 is 21.3 Å². The maximum atomic E-state index is 13.4. The highest BCUT2D eigenvalue weighted by atomic mass is 32.1. The smallest absolute Gasteiger partial charge is 0.216 e. The van der Waals surface area contributed by atoms with Gasteiger partial charge in [-0.25, -0.2) is 0 Å². The Bertz CT molecular complexity index is 975. The van der Waals surface area contributed by atoms with E-state index in [1.165, 1.54) is 20.8 Å². The Labute approximate surface area is 230 Å². The highest BCUT2D eigenvalue weighted by molar-refractivity contribution is 7.80. The number of Topliss-reactive ketones (excluding diaryl/α,β-unsaturated/α-hetero) is 1. The van der Waals surface area contributed by atoms with Crippen molar-refractivity contribution in [3.8, 4) is 0 Å². The molecule has 3 fully saturated rings. The standard InChI is InChI=1S/C28H41N5O4S/c1-18(34)30-15-23-11-28(14-26(37)9-21-5-7-22(8-6-21)10-27(38)29-4)12-24(16-31-19(2)35)33(23)25(13-28)17-32-20(3)36/h5-8,23-25H,9-17H2,1-4H3,(H,29,38)(H,30,34)(H,31,35)(H,32,36)/t23-,24+,25?,28?. The average Bonchev–Trinajstić information content (AvgIpc) is 2.85. The van der Waals surface area contributed by atoms with Crippen molar-refractivity contribution in [1.82, 2.24) is 26.2 Å². The van der Waals surface area contributed by atoms with Crippen molar-refractivity contribution in [3.63, 3.8) is 0 Å². The largest absolute Gasteiger partial charge is 0.382 e. The maximum Gasteiger partial charge on any atom is 0.216 e. The number of piperidine rings is 3. The van der Waals surface area contributed by atoms with E-state index in [9.17, 15) is 19.2 Å². The minimum atomic E-state index is -0.264. The lowest BCUT2D eigenvalue weighted by Gasteiger charge is -2.61. The monoisotopic (exact) mass is 543 g/mol. The Hall–Kier alpha value is -2.85. The van der Waals surface area contributed by atoms with E-state index in [1.54, 1.807) is 0 Å². The fourth-order valence-corrected chi connectivity index (χ4v) is 6.42. The minimum absolute atomic E-state index is 0.0158. The van der Waals surface area contributed by atoms with Gasteiger partial charge in [-0.3, -0.25) is 24.1 Å². The number of nitrogens with one attached hydrogen (secondary N) is 4. The summed E-state index contributed by atoms with van der Waals surface area (Å²) in [4.78, 5) is 51.8. The van der Waals surface area contributed by atoms with Gasteiger partial charge in [-0.2, -0.15) is 0 Å². The summed E-state index contributed by atoms with van der Waals surface area (Å²) in [5.41, 5.74) is 1.81. The van der Waals surface area contributed by atoms with Gasteiger partial charge in [0, 0.05) is 84.8 Å². The van der Waals surface area contributed by atoms with E-state index in [0.717, 1.165) is 35.4 Å². The summed E-state index contributed by atoms with van der Waals surface area (Å²) in [5.74, 6) is -0.135. The third kappa shape index (κ3) is 8.33. The summed E-state index contributed by atoms with van der Waals surface area (Å²) < 4.78 is 0. The first-order valence-corrected chi connectivity index (χ1v) is 13.7. The zero-order valence-corrected chi connectivity index (χ0v) is 23.7. The van der Waals surface area contributed by atoms with Crippen LogP contribution in [0.25, 0.3) is 0 Å². The van der Waals surface area contributed by atoms with Crippen molar-refractivity contribution >= 4 is 40.7 Å². The van der Waals surface area contributed by atoms with Gasteiger partial charge < -0.3 is 21.3 Å². The highest BCUT2D eigenvalue weighted by Crippen LogP contribution is 2.51. The number of hydrogen-bond acceptors (Lipinski definition) is 6. The molecule has 3 aliphatic heterocycles. The molecule has 2 bridgehead atoms. The quantitative estimate of drug-likeness (QED) is 0.293. The van der Waals surface area contributed by atoms with Crippen molar-refractivity contribution in [2.75, 3.05) is 26.7 Å². The molecule has 3 saturated heterocycles. The Balaban J connectivity index is 1.79. The van der Waals surface area contributed by atoms with Crippen LogP contribution in [0.3, 0.4) is 0 Å². The number of benzene rings is 1. The Morgan fingerprint density at radius 1 is 0.789 bits per heavy atom. The maximum absolute atomic E-state index is 13.4. The molecule has 1 aromatic rings.